The molecule has 0 unspecified atom stereocenters. The van der Waals surface area contributed by atoms with Crippen molar-refractivity contribution >= 4 is 11.8 Å². The number of carbonyl (C=O) groups excluding carboxylic acids is 2. The smallest absolute Gasteiger partial charge is 0.226 e. The Balaban J connectivity index is 1.02. The minimum Gasteiger partial charge on any atom is -0.355 e. The van der Waals surface area contributed by atoms with E-state index in [-0.39, 0.29) is 17.2 Å². The molecule has 1 saturated heterocycles. The predicted molar refractivity (Wildman–Crippen MR) is 121 cm³/mol. The van der Waals surface area contributed by atoms with Gasteiger partial charge in [0.05, 0.1) is 0 Å². The molecule has 1 aromatic rings. The molecule has 0 spiro atoms. The van der Waals surface area contributed by atoms with Crippen LogP contribution in [-0.2, 0) is 22.7 Å². The average molecular weight is 424 g/mol. The number of nitrogens with zero attached hydrogens (tertiary/aromatic N) is 1. The van der Waals surface area contributed by atoms with Crippen molar-refractivity contribution in [2.45, 2.75) is 70.9 Å². The fraction of sp³-hybridized carbons (Fsp3) is 0.692. The van der Waals surface area contributed by atoms with Gasteiger partial charge in [0.15, 0.2) is 0 Å². The maximum Gasteiger partial charge on any atom is 0.226 e. The second kappa shape index (κ2) is 8.93. The quantitative estimate of drug-likeness (QED) is 0.671. The zero-order valence-electron chi connectivity index (χ0n) is 18.7. The van der Waals surface area contributed by atoms with Crippen LogP contribution >= 0.6 is 0 Å². The van der Waals surface area contributed by atoms with Gasteiger partial charge in [0.1, 0.15) is 0 Å². The van der Waals surface area contributed by atoms with Gasteiger partial charge < -0.3 is 10.6 Å². The Bertz CT molecular complexity index is 762. The second-order valence-corrected chi connectivity index (χ2v) is 10.8. The molecule has 6 rings (SSSR count). The van der Waals surface area contributed by atoms with Gasteiger partial charge in [0.2, 0.25) is 11.8 Å². The molecular weight excluding hydrogens is 386 g/mol. The third-order valence-corrected chi connectivity index (χ3v) is 8.28. The Morgan fingerprint density at radius 1 is 0.871 bits per heavy atom. The lowest BCUT2D eigenvalue weighted by Gasteiger charge is -2.55. The third-order valence-electron chi connectivity index (χ3n) is 8.28. The molecule has 0 radical (unpaired) electrons. The molecule has 5 nitrogen and oxygen atoms in total. The lowest BCUT2D eigenvalue weighted by Crippen LogP contribution is -2.53. The Morgan fingerprint density at radius 2 is 1.45 bits per heavy atom. The molecule has 2 amide bonds. The van der Waals surface area contributed by atoms with Crippen LogP contribution in [0.2, 0.25) is 0 Å². The normalized spacial score (nSPS) is 31.7. The van der Waals surface area contributed by atoms with Crippen LogP contribution in [0.4, 0.5) is 0 Å². The van der Waals surface area contributed by atoms with Gasteiger partial charge in [0, 0.05) is 31.5 Å². The van der Waals surface area contributed by atoms with E-state index in [0.717, 1.165) is 49.1 Å². The van der Waals surface area contributed by atoms with Gasteiger partial charge in [-0.05, 0) is 93.3 Å². The highest BCUT2D eigenvalue weighted by Crippen LogP contribution is 2.60. The molecule has 5 fully saturated rings. The Hall–Kier alpha value is -1.88. The fourth-order valence-corrected chi connectivity index (χ4v) is 7.12. The van der Waals surface area contributed by atoms with E-state index in [2.05, 4.69) is 39.8 Å². The summed E-state index contributed by atoms with van der Waals surface area (Å²) < 4.78 is 0. The summed E-state index contributed by atoms with van der Waals surface area (Å²) in [6.45, 7) is 4.43. The molecule has 4 saturated carbocycles. The molecule has 4 bridgehead atoms. The molecule has 0 atom stereocenters. The zero-order valence-corrected chi connectivity index (χ0v) is 18.7. The van der Waals surface area contributed by atoms with Crippen molar-refractivity contribution in [1.29, 1.82) is 0 Å². The number of rotatable bonds is 8. The van der Waals surface area contributed by atoms with E-state index in [4.69, 9.17) is 0 Å². The van der Waals surface area contributed by atoms with Gasteiger partial charge in [0.25, 0.3) is 0 Å². The maximum atomic E-state index is 13.0. The molecule has 2 N–H and O–H groups in total. The number of carbonyl (C=O) groups is 2. The van der Waals surface area contributed by atoms with Crippen molar-refractivity contribution in [3.63, 3.8) is 0 Å². The van der Waals surface area contributed by atoms with Gasteiger partial charge in [-0.15, -0.1) is 0 Å². The lowest BCUT2D eigenvalue weighted by atomic mass is 9.49. The van der Waals surface area contributed by atoms with Crippen molar-refractivity contribution in [1.82, 2.24) is 15.5 Å². The van der Waals surface area contributed by atoms with Gasteiger partial charge in [-0.25, -0.2) is 0 Å². The molecule has 0 aromatic heterocycles. The summed E-state index contributed by atoms with van der Waals surface area (Å²) in [5, 5.41) is 6.11. The lowest BCUT2D eigenvalue weighted by molar-refractivity contribution is -0.146. The van der Waals surface area contributed by atoms with Crippen LogP contribution in [0.25, 0.3) is 0 Å². The van der Waals surface area contributed by atoms with Crippen LogP contribution in [0.3, 0.4) is 0 Å². The Kier molecular flexibility index (Phi) is 6.05. The van der Waals surface area contributed by atoms with E-state index < -0.39 is 0 Å². The van der Waals surface area contributed by atoms with E-state index in [0.29, 0.717) is 19.5 Å². The van der Waals surface area contributed by atoms with Crippen molar-refractivity contribution in [2.75, 3.05) is 19.6 Å². The highest BCUT2D eigenvalue weighted by molar-refractivity contribution is 5.84. The molecule has 5 aliphatic rings. The van der Waals surface area contributed by atoms with Crippen LogP contribution < -0.4 is 10.6 Å². The topological polar surface area (TPSA) is 61.4 Å². The number of hydrogen-bond acceptors (Lipinski definition) is 3. The average Bonchev–Trinajstić information content (AvgIpc) is 3.25. The first-order valence-electron chi connectivity index (χ1n) is 12.4. The molecule has 4 aliphatic carbocycles. The van der Waals surface area contributed by atoms with E-state index in [1.165, 1.54) is 50.8 Å². The molecule has 1 aliphatic heterocycles. The minimum atomic E-state index is -0.123. The minimum absolute atomic E-state index is 0.00644. The van der Waals surface area contributed by atoms with Crippen molar-refractivity contribution < 1.29 is 9.59 Å². The van der Waals surface area contributed by atoms with E-state index in [1.54, 1.807) is 0 Å². The molecule has 168 valence electrons. The van der Waals surface area contributed by atoms with E-state index in [9.17, 15) is 9.59 Å². The maximum absolute atomic E-state index is 13.0. The number of benzene rings is 1. The molecule has 1 heterocycles. The number of likely N-dealkylation sites (tertiary alicyclic amines) is 1. The first-order chi connectivity index (χ1) is 15.1. The van der Waals surface area contributed by atoms with Crippen molar-refractivity contribution in [2.24, 2.45) is 23.2 Å². The third kappa shape index (κ3) is 4.82. The van der Waals surface area contributed by atoms with Crippen molar-refractivity contribution in [3.8, 4) is 0 Å². The molecule has 31 heavy (non-hydrogen) atoms. The van der Waals surface area contributed by atoms with Gasteiger partial charge in [-0.2, -0.15) is 0 Å². The fourth-order valence-electron chi connectivity index (χ4n) is 7.12. The van der Waals surface area contributed by atoms with Gasteiger partial charge in [-0.1, -0.05) is 24.3 Å². The highest BCUT2D eigenvalue weighted by Gasteiger charge is 2.54. The van der Waals surface area contributed by atoms with Crippen LogP contribution in [0, 0.1) is 23.2 Å². The van der Waals surface area contributed by atoms with E-state index >= 15 is 0 Å². The van der Waals surface area contributed by atoms with Crippen LogP contribution in [0.1, 0.15) is 68.9 Å². The number of amides is 2. The summed E-state index contributed by atoms with van der Waals surface area (Å²) in [5.74, 6) is 2.52. The van der Waals surface area contributed by atoms with Crippen LogP contribution in [0.15, 0.2) is 24.3 Å². The Morgan fingerprint density at radius 3 is 2.06 bits per heavy atom. The number of nitrogens with one attached hydrogen (secondary N) is 2. The predicted octanol–water partition coefficient (Wildman–Crippen LogP) is 3.62. The standard InChI is InChI=1S/C26H37N3O2/c30-24(28-17-19-3-5-20(6-4-19)18-29-9-1-2-10-29)7-8-27-25(31)26-14-21-11-22(15-26)13-23(12-21)16-26/h3-6,21-23H,1-2,7-18H2,(H,27,31)(H,28,30). The van der Waals surface area contributed by atoms with Gasteiger partial charge in [-0.3, -0.25) is 14.5 Å². The number of hydrogen-bond donors (Lipinski definition) is 2. The zero-order chi connectivity index (χ0) is 21.3. The molecule has 5 heteroatoms. The second-order valence-electron chi connectivity index (χ2n) is 10.8. The summed E-state index contributed by atoms with van der Waals surface area (Å²) >= 11 is 0. The van der Waals surface area contributed by atoms with Crippen molar-refractivity contribution in [3.05, 3.63) is 35.4 Å². The summed E-state index contributed by atoms with van der Waals surface area (Å²) in [6.07, 6.45) is 10.2. The SMILES string of the molecule is O=C(CCNC(=O)C12CC3CC(CC(C3)C1)C2)NCc1ccc(CN2CCCC2)cc1. The van der Waals surface area contributed by atoms with Gasteiger partial charge >= 0.3 is 0 Å². The first kappa shape index (κ1) is 21.0. The Labute approximate surface area is 186 Å². The van der Waals surface area contributed by atoms with E-state index in [1.807, 2.05) is 0 Å². The monoisotopic (exact) mass is 423 g/mol. The largest absolute Gasteiger partial charge is 0.355 e. The molecule has 1 aromatic carbocycles. The van der Waals surface area contributed by atoms with Crippen LogP contribution in [0.5, 0.6) is 0 Å². The summed E-state index contributed by atoms with van der Waals surface area (Å²) in [7, 11) is 0. The van der Waals surface area contributed by atoms with Crippen LogP contribution in [-0.4, -0.2) is 36.3 Å². The first-order valence-corrected chi connectivity index (χ1v) is 12.4. The summed E-state index contributed by atoms with van der Waals surface area (Å²) in [4.78, 5) is 27.7. The molecular formula is C26H37N3O2. The highest BCUT2D eigenvalue weighted by atomic mass is 16.2. The summed E-state index contributed by atoms with van der Waals surface area (Å²) in [5.41, 5.74) is 2.34. The summed E-state index contributed by atoms with van der Waals surface area (Å²) in [6, 6.07) is 8.57.